The minimum absolute atomic E-state index is 0.418. The lowest BCUT2D eigenvalue weighted by Gasteiger charge is -2.03. The van der Waals surface area contributed by atoms with Gasteiger partial charge in [0, 0.05) is 11.9 Å². The van der Waals surface area contributed by atoms with Crippen LogP contribution in [0.1, 0.15) is 5.69 Å². The van der Waals surface area contributed by atoms with Crippen LogP contribution in [0, 0.1) is 5.41 Å². The molecule has 5 N–H and O–H groups in total. The second kappa shape index (κ2) is 7.22. The molecule has 0 saturated heterocycles. The number of pyridine rings is 1. The van der Waals surface area contributed by atoms with Crippen molar-refractivity contribution in [3.63, 3.8) is 0 Å². The third-order valence-electron chi connectivity index (χ3n) is 3.55. The number of hydrogen-bond donors (Lipinski definition) is 4. The van der Waals surface area contributed by atoms with Gasteiger partial charge in [-0.25, -0.2) is 9.97 Å². The number of H-pyrrole nitrogens is 1. The quantitative estimate of drug-likeness (QED) is 0.409. The minimum Gasteiger partial charge on any atom is -0.397 e. The smallest absolute Gasteiger partial charge is 0.211 e. The molecule has 124 valence electrons. The van der Waals surface area contributed by atoms with E-state index in [0.29, 0.717) is 29.3 Å². The van der Waals surface area contributed by atoms with E-state index in [0.717, 1.165) is 23.2 Å². The number of benzene rings is 1. The summed E-state index contributed by atoms with van der Waals surface area (Å²) in [6.45, 7) is 0. The number of nitrogens with zero attached hydrogens (tertiary/aromatic N) is 2. The van der Waals surface area contributed by atoms with Crippen molar-refractivity contribution in [2.75, 3.05) is 5.32 Å². The summed E-state index contributed by atoms with van der Waals surface area (Å²) in [4.78, 5) is 22.5. The Morgan fingerprint density at radius 1 is 1.20 bits per heavy atom. The first-order valence-corrected chi connectivity index (χ1v) is 7.51. The number of anilines is 1. The molecule has 3 aromatic rings. The van der Waals surface area contributed by atoms with Crippen LogP contribution in [0.2, 0.25) is 0 Å². The maximum Gasteiger partial charge on any atom is 0.211 e. The number of imidazole rings is 1. The summed E-state index contributed by atoms with van der Waals surface area (Å²) in [5, 5.41) is 9.68. The van der Waals surface area contributed by atoms with Gasteiger partial charge in [-0.05, 0) is 35.9 Å². The third kappa shape index (κ3) is 3.61. The average molecular weight is 332 g/mol. The standard InChI is InChI=1S/C18H16N6O/c19-9-8-14(20)15-2-1-3-16(23-15)18-21-10-17(24-18)12-4-6-13(7-5-12)22-11-25/h1-11,19H,20H2,(H,21,24)(H,22,25)/b14-8-,19-9?. The molecule has 0 unspecified atom stereocenters. The van der Waals surface area contributed by atoms with Crippen molar-refractivity contribution in [3.05, 3.63) is 60.4 Å². The van der Waals surface area contributed by atoms with E-state index in [9.17, 15) is 4.79 Å². The second-order valence-electron chi connectivity index (χ2n) is 5.18. The molecule has 7 nitrogen and oxygen atoms in total. The van der Waals surface area contributed by atoms with Crippen LogP contribution in [-0.2, 0) is 4.79 Å². The van der Waals surface area contributed by atoms with E-state index in [1.54, 1.807) is 12.3 Å². The van der Waals surface area contributed by atoms with Gasteiger partial charge in [-0.15, -0.1) is 0 Å². The van der Waals surface area contributed by atoms with Crippen molar-refractivity contribution in [2.24, 2.45) is 5.73 Å². The molecule has 0 atom stereocenters. The molecule has 1 amide bonds. The molecule has 0 spiro atoms. The van der Waals surface area contributed by atoms with Crippen molar-refractivity contribution in [2.45, 2.75) is 0 Å². The number of amides is 1. The number of allylic oxidation sites excluding steroid dienone is 1. The van der Waals surface area contributed by atoms with Crippen LogP contribution >= 0.6 is 0 Å². The monoisotopic (exact) mass is 332 g/mol. The molecular weight excluding hydrogens is 316 g/mol. The Morgan fingerprint density at radius 2 is 2.00 bits per heavy atom. The molecule has 3 rings (SSSR count). The highest BCUT2D eigenvalue weighted by atomic mass is 16.1. The number of carbonyl (C=O) groups excluding carboxylic acids is 1. The van der Waals surface area contributed by atoms with Gasteiger partial charge >= 0.3 is 0 Å². The van der Waals surface area contributed by atoms with Crippen LogP contribution in [-0.4, -0.2) is 27.6 Å². The molecule has 0 radical (unpaired) electrons. The van der Waals surface area contributed by atoms with E-state index in [-0.39, 0.29) is 0 Å². The number of rotatable bonds is 6. The summed E-state index contributed by atoms with van der Waals surface area (Å²) >= 11 is 0. The zero-order valence-electron chi connectivity index (χ0n) is 13.2. The van der Waals surface area contributed by atoms with Crippen LogP contribution in [0.4, 0.5) is 5.69 Å². The van der Waals surface area contributed by atoms with Crippen molar-refractivity contribution in [3.8, 4) is 22.8 Å². The molecule has 25 heavy (non-hydrogen) atoms. The zero-order chi connectivity index (χ0) is 17.6. The lowest BCUT2D eigenvalue weighted by atomic mass is 10.1. The molecular formula is C18H16N6O. The molecule has 0 aliphatic rings. The summed E-state index contributed by atoms with van der Waals surface area (Å²) < 4.78 is 0. The SMILES string of the molecule is N=C/C=C(\N)c1cccc(-c2ncc(-c3ccc(NC=O)cc3)[nH]2)n1. The molecule has 0 saturated carbocycles. The highest BCUT2D eigenvalue weighted by molar-refractivity contribution is 5.81. The largest absolute Gasteiger partial charge is 0.397 e. The van der Waals surface area contributed by atoms with E-state index >= 15 is 0 Å². The predicted octanol–water partition coefficient (Wildman–Crippen LogP) is 2.66. The fourth-order valence-corrected chi connectivity index (χ4v) is 2.31. The van der Waals surface area contributed by atoms with Gasteiger partial charge in [-0.3, -0.25) is 4.79 Å². The van der Waals surface area contributed by atoms with Crippen LogP contribution in [0.3, 0.4) is 0 Å². The van der Waals surface area contributed by atoms with Crippen LogP contribution in [0.5, 0.6) is 0 Å². The van der Waals surface area contributed by atoms with Crippen molar-refractivity contribution < 1.29 is 4.79 Å². The van der Waals surface area contributed by atoms with Crippen molar-refractivity contribution in [1.29, 1.82) is 5.41 Å². The van der Waals surface area contributed by atoms with Crippen molar-refractivity contribution >= 4 is 24.0 Å². The Morgan fingerprint density at radius 3 is 2.72 bits per heavy atom. The lowest BCUT2D eigenvalue weighted by molar-refractivity contribution is -0.105. The number of hydrogen-bond acceptors (Lipinski definition) is 5. The molecule has 0 aliphatic heterocycles. The first kappa shape index (κ1) is 16.1. The summed E-state index contributed by atoms with van der Waals surface area (Å²) in [7, 11) is 0. The molecule has 2 heterocycles. The van der Waals surface area contributed by atoms with Gasteiger partial charge in [0.1, 0.15) is 5.69 Å². The van der Waals surface area contributed by atoms with E-state index in [2.05, 4.69) is 20.3 Å². The van der Waals surface area contributed by atoms with Crippen molar-refractivity contribution in [1.82, 2.24) is 15.0 Å². The molecule has 2 aromatic heterocycles. The lowest BCUT2D eigenvalue weighted by Crippen LogP contribution is -2.00. The van der Waals surface area contributed by atoms with Gasteiger partial charge in [0.05, 0.1) is 23.3 Å². The highest BCUT2D eigenvalue weighted by Gasteiger charge is 2.08. The second-order valence-corrected chi connectivity index (χ2v) is 5.18. The summed E-state index contributed by atoms with van der Waals surface area (Å²) in [6, 6.07) is 12.8. The number of nitrogens with two attached hydrogens (primary N) is 1. The van der Waals surface area contributed by atoms with E-state index in [1.165, 1.54) is 6.08 Å². The Hall–Kier alpha value is -3.74. The Balaban J connectivity index is 1.88. The Bertz CT molecular complexity index is 927. The molecule has 7 heteroatoms. The zero-order valence-corrected chi connectivity index (χ0v) is 13.2. The number of aromatic nitrogens is 3. The van der Waals surface area contributed by atoms with Gasteiger partial charge in [0.15, 0.2) is 5.82 Å². The molecule has 0 fully saturated rings. The number of aromatic amines is 1. The highest BCUT2D eigenvalue weighted by Crippen LogP contribution is 2.23. The van der Waals surface area contributed by atoms with Gasteiger partial charge in [0.2, 0.25) is 6.41 Å². The fourth-order valence-electron chi connectivity index (χ4n) is 2.31. The molecule has 0 bridgehead atoms. The molecule has 0 aliphatic carbocycles. The topological polar surface area (TPSA) is 121 Å². The minimum atomic E-state index is 0.418. The summed E-state index contributed by atoms with van der Waals surface area (Å²) in [5.74, 6) is 0.620. The van der Waals surface area contributed by atoms with Gasteiger partial charge in [-0.1, -0.05) is 18.2 Å². The van der Waals surface area contributed by atoms with Gasteiger partial charge in [-0.2, -0.15) is 0 Å². The fraction of sp³-hybridized carbons (Fsp3) is 0. The Kier molecular flexibility index (Phi) is 4.66. The van der Waals surface area contributed by atoms with E-state index in [4.69, 9.17) is 11.1 Å². The average Bonchev–Trinajstić information content (AvgIpc) is 3.13. The Labute approximate surface area is 144 Å². The first-order chi connectivity index (χ1) is 12.2. The molecule has 1 aromatic carbocycles. The number of carbonyl (C=O) groups is 1. The van der Waals surface area contributed by atoms with E-state index < -0.39 is 0 Å². The third-order valence-corrected chi connectivity index (χ3v) is 3.55. The van der Waals surface area contributed by atoms with Crippen LogP contribution < -0.4 is 11.1 Å². The maximum absolute atomic E-state index is 10.4. The summed E-state index contributed by atoms with van der Waals surface area (Å²) in [6.07, 6.45) is 4.97. The normalized spacial score (nSPS) is 11.1. The first-order valence-electron chi connectivity index (χ1n) is 7.51. The van der Waals surface area contributed by atoms with E-state index in [1.807, 2.05) is 36.4 Å². The maximum atomic E-state index is 10.4. The predicted molar refractivity (Wildman–Crippen MR) is 97.9 cm³/mol. The van der Waals surface area contributed by atoms with Crippen LogP contribution in [0.15, 0.2) is 54.7 Å². The van der Waals surface area contributed by atoms with Gasteiger partial charge in [0.25, 0.3) is 0 Å². The van der Waals surface area contributed by atoms with Gasteiger partial charge < -0.3 is 21.4 Å². The number of nitrogens with one attached hydrogen (secondary N) is 3. The summed E-state index contributed by atoms with van der Waals surface area (Å²) in [5.41, 5.74) is 10.0. The van der Waals surface area contributed by atoms with Crippen LogP contribution in [0.25, 0.3) is 28.5 Å².